The molecule has 1 aromatic carbocycles. The number of hydrogen-bond donors (Lipinski definition) is 2. The van der Waals surface area contributed by atoms with E-state index in [1.54, 1.807) is 20.4 Å². The minimum Gasteiger partial charge on any atom is -0.464 e. The third-order valence-corrected chi connectivity index (χ3v) is 14.1. The lowest BCUT2D eigenvalue weighted by Gasteiger charge is -2.39. The maximum atomic E-state index is 14.7. The van der Waals surface area contributed by atoms with Gasteiger partial charge in [0, 0.05) is 92.3 Å². The Morgan fingerprint density at radius 2 is 1.86 bits per heavy atom. The fraction of sp³-hybridized carbons (Fsp3) is 0.592. The van der Waals surface area contributed by atoms with Crippen molar-refractivity contribution in [3.63, 3.8) is 0 Å². The fourth-order valence-electron chi connectivity index (χ4n) is 9.99. The zero-order chi connectivity index (χ0) is 46.7. The predicted molar refractivity (Wildman–Crippen MR) is 254 cm³/mol. The average Bonchev–Trinajstić information content (AvgIpc) is 3.88. The van der Waals surface area contributed by atoms with E-state index in [2.05, 4.69) is 65.2 Å². The van der Waals surface area contributed by atoms with Gasteiger partial charge in [-0.25, -0.2) is 15.2 Å². The van der Waals surface area contributed by atoms with Crippen molar-refractivity contribution in [3.05, 3.63) is 58.2 Å². The lowest BCUT2D eigenvalue weighted by atomic mass is 9.84. The van der Waals surface area contributed by atoms with E-state index in [0.29, 0.717) is 56.4 Å². The van der Waals surface area contributed by atoms with Gasteiger partial charge in [0.15, 0.2) is 0 Å². The van der Waals surface area contributed by atoms with Crippen LogP contribution in [0.3, 0.4) is 0 Å². The van der Waals surface area contributed by atoms with Crippen LogP contribution in [0.2, 0.25) is 0 Å². The zero-order valence-electron chi connectivity index (χ0n) is 40.0. The van der Waals surface area contributed by atoms with Crippen LogP contribution in [0, 0.1) is 17.3 Å². The number of nitrogens with one attached hydrogen (secondary N) is 2. The van der Waals surface area contributed by atoms with E-state index in [1.807, 2.05) is 51.2 Å². The molecular formula is C49H69N9O6S. The quantitative estimate of drug-likeness (QED) is 0.168. The molecule has 5 atom stereocenters. The lowest BCUT2D eigenvalue weighted by Crippen LogP contribution is -2.62. The van der Waals surface area contributed by atoms with E-state index in [4.69, 9.17) is 19.4 Å². The first-order valence-corrected chi connectivity index (χ1v) is 24.2. The molecule has 1 unspecified atom stereocenters. The van der Waals surface area contributed by atoms with Crippen molar-refractivity contribution in [3.8, 4) is 22.5 Å². The summed E-state index contributed by atoms with van der Waals surface area (Å²) in [5.41, 5.74) is 9.42. The van der Waals surface area contributed by atoms with Gasteiger partial charge in [-0.1, -0.05) is 33.8 Å². The second kappa shape index (κ2) is 20.3. The van der Waals surface area contributed by atoms with Crippen molar-refractivity contribution in [1.82, 2.24) is 45.0 Å². The number of cyclic esters (lactones) is 1. The van der Waals surface area contributed by atoms with Crippen molar-refractivity contribution in [1.29, 1.82) is 0 Å². The number of hydrazine groups is 1. The molecule has 0 radical (unpaired) electrons. The molecule has 2 fully saturated rings. The van der Waals surface area contributed by atoms with Crippen molar-refractivity contribution < 1.29 is 28.7 Å². The van der Waals surface area contributed by atoms with Crippen molar-refractivity contribution in [2.45, 2.75) is 111 Å². The van der Waals surface area contributed by atoms with Gasteiger partial charge in [-0.05, 0) is 102 Å². The largest absolute Gasteiger partial charge is 0.464 e. The molecule has 16 heteroatoms. The Bertz CT molecular complexity index is 2360. The second-order valence-corrected chi connectivity index (χ2v) is 20.5. The molecule has 6 bridgehead atoms. The summed E-state index contributed by atoms with van der Waals surface area (Å²) in [6, 6.07) is 7.65. The average molecular weight is 912 g/mol. The maximum Gasteiger partial charge on any atom is 0.324 e. The van der Waals surface area contributed by atoms with Crippen LogP contribution in [0.25, 0.3) is 33.4 Å². The van der Waals surface area contributed by atoms with Crippen LogP contribution in [0.1, 0.15) is 89.6 Å². The van der Waals surface area contributed by atoms with E-state index in [0.717, 1.165) is 64.1 Å². The Balaban J connectivity index is 1.26. The number of esters is 1. The molecular weight excluding hydrogens is 843 g/mol. The van der Waals surface area contributed by atoms with Gasteiger partial charge < -0.3 is 34.1 Å². The van der Waals surface area contributed by atoms with Crippen LogP contribution in [-0.2, 0) is 43.2 Å². The number of methoxy groups -OCH3 is 1. The number of rotatable bonds is 10. The summed E-state index contributed by atoms with van der Waals surface area (Å²) in [5, 5.41) is 8.27. The fourth-order valence-corrected chi connectivity index (χ4v) is 10.8. The number of hydrogen-bond acceptors (Lipinski definition) is 11. The molecule has 2 N–H and O–H groups in total. The van der Waals surface area contributed by atoms with Gasteiger partial charge in [-0.3, -0.25) is 24.4 Å². The van der Waals surface area contributed by atoms with Crippen molar-refractivity contribution in [2.75, 3.05) is 61.0 Å². The summed E-state index contributed by atoms with van der Waals surface area (Å²) in [6.45, 7) is 15.5. The normalized spacial score (nSPS) is 21.6. The number of pyridine rings is 1. The first-order valence-electron chi connectivity index (χ1n) is 23.3. The summed E-state index contributed by atoms with van der Waals surface area (Å²) in [7, 11) is 7.46. The Kier molecular flexibility index (Phi) is 15.0. The van der Waals surface area contributed by atoms with E-state index < -0.39 is 35.4 Å². The smallest absolute Gasteiger partial charge is 0.324 e. The molecule has 3 aliphatic heterocycles. The number of carbonyl (C=O) groups excluding carboxylic acids is 4. The van der Waals surface area contributed by atoms with Crippen molar-refractivity contribution >= 4 is 46.1 Å². The Hall–Kier alpha value is -4.90. The third kappa shape index (κ3) is 10.6. The SMILES string of the molecule is CCn1c(-c2cccnc2[C@H](C)OC)c2c3cc(ccc31)-c1csc(n1)C[C@H](NC(=O)C(C(C)C)N(C)C(=O)N1CCC[C@@H](CN(C)C)C1)C(=O)N1CCC[C@H](N1)C(=O)OCC(C)(C)C2. The van der Waals surface area contributed by atoms with E-state index >= 15 is 0 Å². The standard InChI is InChI=1S/C49H69N9O6S/c1-11-57-40-19-18-33-23-35(40)36(44(57)34-16-12-20-50-42(34)31(4)63-10)25-49(5,6)29-64-47(61)37-17-14-22-58(53-37)46(60)38(24-41-51-39(33)28-65-41)52-45(59)43(30(2)3)55(9)48(62)56-21-13-15-32(27-56)26-54(7)8/h12,16,18-20,23,28,30-32,37-38,43,53H,11,13-15,17,21-22,24-27,29H2,1-10H3,(H,52,59)/t31-,32-,37-,38-,43?/m0/s1. The summed E-state index contributed by atoms with van der Waals surface area (Å²) in [4.78, 5) is 72.6. The molecule has 0 saturated carbocycles. The number of amides is 4. The highest BCUT2D eigenvalue weighted by Crippen LogP contribution is 2.42. The number of aryl methyl sites for hydroxylation is 1. The molecule has 3 aliphatic rings. The van der Waals surface area contributed by atoms with Crippen LogP contribution in [0.15, 0.2) is 41.9 Å². The van der Waals surface area contributed by atoms with Gasteiger partial charge in [0.2, 0.25) is 5.91 Å². The number of likely N-dealkylation sites (tertiary alicyclic amines) is 1. The molecule has 3 aromatic heterocycles. The minimum atomic E-state index is -1.04. The van der Waals surface area contributed by atoms with E-state index in [9.17, 15) is 19.2 Å². The number of thiazole rings is 1. The Labute approximate surface area is 388 Å². The minimum absolute atomic E-state index is 0.114. The van der Waals surface area contributed by atoms with Gasteiger partial charge in [-0.15, -0.1) is 11.3 Å². The third-order valence-electron chi connectivity index (χ3n) is 13.2. The summed E-state index contributed by atoms with van der Waals surface area (Å²) >= 11 is 1.44. The van der Waals surface area contributed by atoms with Gasteiger partial charge in [0.1, 0.15) is 18.1 Å². The number of aromatic nitrogens is 3. The Morgan fingerprint density at radius 3 is 2.58 bits per heavy atom. The van der Waals surface area contributed by atoms with Gasteiger partial charge >= 0.3 is 12.0 Å². The second-order valence-electron chi connectivity index (χ2n) is 19.6. The monoisotopic (exact) mass is 912 g/mol. The van der Waals surface area contributed by atoms with Crippen LogP contribution >= 0.6 is 11.3 Å². The molecule has 0 aliphatic carbocycles. The molecule has 6 heterocycles. The maximum absolute atomic E-state index is 14.7. The van der Waals surface area contributed by atoms with Gasteiger partial charge in [0.25, 0.3) is 5.91 Å². The van der Waals surface area contributed by atoms with Crippen LogP contribution < -0.4 is 10.7 Å². The summed E-state index contributed by atoms with van der Waals surface area (Å²) < 4.78 is 14.3. The number of nitrogens with zero attached hydrogens (tertiary/aromatic N) is 7. The van der Waals surface area contributed by atoms with Gasteiger partial charge in [-0.2, -0.15) is 0 Å². The Morgan fingerprint density at radius 1 is 1.09 bits per heavy atom. The molecule has 352 valence electrons. The summed E-state index contributed by atoms with van der Waals surface area (Å²) in [5.74, 6) is -1.14. The molecule has 7 rings (SSSR count). The van der Waals surface area contributed by atoms with E-state index in [-0.39, 0.29) is 37.0 Å². The topological polar surface area (TPSA) is 154 Å². The highest BCUT2D eigenvalue weighted by molar-refractivity contribution is 7.10. The zero-order valence-corrected chi connectivity index (χ0v) is 40.8. The number of piperidine rings is 1. The first-order chi connectivity index (χ1) is 31.0. The number of likely N-dealkylation sites (N-methyl/N-ethyl adjacent to an activating group) is 1. The van der Waals surface area contributed by atoms with Crippen LogP contribution in [0.5, 0.6) is 0 Å². The number of fused-ring (bicyclic) bond motifs is 6. The number of carbonyl (C=O) groups is 4. The van der Waals surface area contributed by atoms with Crippen molar-refractivity contribution in [2.24, 2.45) is 17.3 Å². The molecule has 15 nitrogen and oxygen atoms in total. The molecule has 4 amide bonds. The first kappa shape index (κ1) is 48.0. The number of urea groups is 1. The van der Waals surface area contributed by atoms with Crippen LogP contribution in [0.4, 0.5) is 4.79 Å². The molecule has 65 heavy (non-hydrogen) atoms. The molecule has 0 spiro atoms. The lowest BCUT2D eigenvalue weighted by molar-refractivity contribution is -0.155. The summed E-state index contributed by atoms with van der Waals surface area (Å²) in [6.07, 6.45) is 5.26. The predicted octanol–water partition coefficient (Wildman–Crippen LogP) is 6.55. The molecule has 2 saturated heterocycles. The van der Waals surface area contributed by atoms with Gasteiger partial charge in [0.05, 0.1) is 34.8 Å². The molecule has 4 aromatic rings. The van der Waals surface area contributed by atoms with Crippen LogP contribution in [-0.4, -0.2) is 137 Å². The number of benzene rings is 1. The van der Waals surface area contributed by atoms with E-state index in [1.165, 1.54) is 21.2 Å². The highest BCUT2D eigenvalue weighted by atomic mass is 32.1. The number of ether oxygens (including phenoxy) is 2. The highest BCUT2D eigenvalue weighted by Gasteiger charge is 2.39.